The summed E-state index contributed by atoms with van der Waals surface area (Å²) < 4.78 is 20.2. The van der Waals surface area contributed by atoms with E-state index in [9.17, 15) is 14.3 Å². The van der Waals surface area contributed by atoms with Crippen LogP contribution in [0.4, 0.5) is 0 Å². The molecule has 0 aliphatic carbocycles. The lowest BCUT2D eigenvalue weighted by atomic mass is 10.0. The monoisotopic (exact) mass is 420 g/mol. The Morgan fingerprint density at radius 3 is 1.61 bits per heavy atom. The average Bonchev–Trinajstić information content (AvgIpc) is 2.68. The predicted octanol–water partition coefficient (Wildman–Crippen LogP) is 7.03. The SMILES string of the molecule is C=CC(=O)OOP(=O)(O)OCCCCCCCCCCCCCCCCCC. The molecule has 0 radical (unpaired) electrons. The molecule has 1 atom stereocenters. The maximum absolute atomic E-state index is 11.4. The highest BCUT2D eigenvalue weighted by molar-refractivity contribution is 7.47. The Morgan fingerprint density at radius 2 is 1.21 bits per heavy atom. The van der Waals surface area contributed by atoms with Crippen molar-refractivity contribution >= 4 is 13.8 Å². The van der Waals surface area contributed by atoms with Crippen LogP contribution < -0.4 is 0 Å². The molecule has 0 aliphatic rings. The molecule has 0 rings (SSSR count). The molecule has 0 saturated heterocycles. The van der Waals surface area contributed by atoms with Crippen molar-refractivity contribution in [3.8, 4) is 0 Å². The van der Waals surface area contributed by atoms with Crippen molar-refractivity contribution in [2.45, 2.75) is 110 Å². The first-order chi connectivity index (χ1) is 13.5. The van der Waals surface area contributed by atoms with Gasteiger partial charge in [-0.3, -0.25) is 9.41 Å². The van der Waals surface area contributed by atoms with Gasteiger partial charge in [0.05, 0.1) is 6.61 Å². The number of unbranched alkanes of at least 4 members (excludes halogenated alkanes) is 15. The average molecular weight is 421 g/mol. The summed E-state index contributed by atoms with van der Waals surface area (Å²) in [5.74, 6) is -0.944. The van der Waals surface area contributed by atoms with Crippen LogP contribution in [0.1, 0.15) is 110 Å². The molecular weight excluding hydrogens is 379 g/mol. The lowest BCUT2D eigenvalue weighted by molar-refractivity contribution is -0.217. The van der Waals surface area contributed by atoms with Crippen LogP contribution in [0, 0.1) is 0 Å². The summed E-state index contributed by atoms with van der Waals surface area (Å²) in [6.07, 6.45) is 21.0. The van der Waals surface area contributed by atoms with Crippen LogP contribution in [0.25, 0.3) is 0 Å². The second-order valence-corrected chi connectivity index (χ2v) is 8.63. The van der Waals surface area contributed by atoms with E-state index in [2.05, 4.69) is 23.1 Å². The third-order valence-corrected chi connectivity index (χ3v) is 5.40. The summed E-state index contributed by atoms with van der Waals surface area (Å²) in [7, 11) is -4.34. The molecule has 0 fully saturated rings. The van der Waals surface area contributed by atoms with Crippen LogP contribution in [0.5, 0.6) is 0 Å². The molecule has 6 nitrogen and oxygen atoms in total. The highest BCUT2D eigenvalue weighted by Gasteiger charge is 2.24. The number of phosphoric ester groups is 1. The molecule has 0 aliphatic heterocycles. The Hall–Kier alpha value is -0.680. The summed E-state index contributed by atoms with van der Waals surface area (Å²) in [6, 6.07) is 0. The normalized spacial score (nSPS) is 13.2. The lowest BCUT2D eigenvalue weighted by Gasteiger charge is -2.09. The molecule has 28 heavy (non-hydrogen) atoms. The predicted molar refractivity (Wildman–Crippen MR) is 113 cm³/mol. The Kier molecular flexibility index (Phi) is 19.2. The lowest BCUT2D eigenvalue weighted by Crippen LogP contribution is -2.03. The third kappa shape index (κ3) is 20.1. The number of hydrogen-bond donors (Lipinski definition) is 1. The van der Waals surface area contributed by atoms with Gasteiger partial charge in [-0.1, -0.05) is 114 Å². The second kappa shape index (κ2) is 19.6. The van der Waals surface area contributed by atoms with Gasteiger partial charge in [0, 0.05) is 6.08 Å². The highest BCUT2D eigenvalue weighted by Crippen LogP contribution is 2.43. The van der Waals surface area contributed by atoms with Crippen molar-refractivity contribution in [2.75, 3.05) is 6.61 Å². The summed E-state index contributed by atoms with van der Waals surface area (Å²) in [5.41, 5.74) is 0. The van der Waals surface area contributed by atoms with Crippen molar-refractivity contribution in [1.29, 1.82) is 0 Å². The van der Waals surface area contributed by atoms with E-state index in [0.717, 1.165) is 18.9 Å². The van der Waals surface area contributed by atoms with E-state index in [1.54, 1.807) is 0 Å². The summed E-state index contributed by atoms with van der Waals surface area (Å²) in [6.45, 7) is 5.50. The van der Waals surface area contributed by atoms with Gasteiger partial charge in [-0.05, 0) is 6.42 Å². The van der Waals surface area contributed by atoms with E-state index in [-0.39, 0.29) is 6.61 Å². The minimum Gasteiger partial charge on any atom is -0.300 e. The first-order valence-electron chi connectivity index (χ1n) is 11.0. The van der Waals surface area contributed by atoms with Gasteiger partial charge >= 0.3 is 13.8 Å². The topological polar surface area (TPSA) is 82.1 Å². The zero-order valence-corrected chi connectivity index (χ0v) is 18.6. The number of carbonyl (C=O) groups excluding carboxylic acids is 1. The van der Waals surface area contributed by atoms with Crippen LogP contribution in [-0.4, -0.2) is 17.5 Å². The van der Waals surface area contributed by atoms with Crippen molar-refractivity contribution in [3.63, 3.8) is 0 Å². The first-order valence-corrected chi connectivity index (χ1v) is 12.5. The van der Waals surface area contributed by atoms with Gasteiger partial charge in [0.15, 0.2) is 0 Å². The number of carbonyl (C=O) groups is 1. The molecule has 0 bridgehead atoms. The first kappa shape index (κ1) is 27.3. The standard InChI is InChI=1S/C21H41O6P/c1-3-5-6-7-8-9-10-11-12-13-14-15-16-17-18-19-20-25-28(23,24)27-26-21(22)4-2/h4H,2-3,5-20H2,1H3,(H,23,24). The molecule has 1 unspecified atom stereocenters. The number of rotatable bonds is 21. The third-order valence-electron chi connectivity index (χ3n) is 4.63. The van der Waals surface area contributed by atoms with Gasteiger partial charge in [0.1, 0.15) is 0 Å². The molecule has 0 aromatic heterocycles. The molecule has 0 aromatic carbocycles. The van der Waals surface area contributed by atoms with E-state index >= 15 is 0 Å². The Labute approximate surface area is 171 Å². The fraction of sp³-hybridized carbons (Fsp3) is 0.857. The van der Waals surface area contributed by atoms with Crippen LogP contribution in [0.15, 0.2) is 12.7 Å². The van der Waals surface area contributed by atoms with Crippen molar-refractivity contribution in [2.24, 2.45) is 0 Å². The smallest absolute Gasteiger partial charge is 0.300 e. The van der Waals surface area contributed by atoms with Gasteiger partial charge in [-0.25, -0.2) is 9.36 Å². The number of phosphoric acid groups is 1. The quantitative estimate of drug-likeness (QED) is 0.0706. The Balaban J connectivity index is 3.26. The minimum absolute atomic E-state index is 0.0951. The molecule has 0 aromatic rings. The van der Waals surface area contributed by atoms with Crippen LogP contribution in [0.2, 0.25) is 0 Å². The molecule has 1 N–H and O–H groups in total. The van der Waals surface area contributed by atoms with E-state index in [4.69, 9.17) is 4.52 Å². The molecule has 0 amide bonds. The van der Waals surface area contributed by atoms with Gasteiger partial charge < -0.3 is 4.89 Å². The summed E-state index contributed by atoms with van der Waals surface area (Å²) >= 11 is 0. The van der Waals surface area contributed by atoms with Crippen molar-refractivity contribution in [1.82, 2.24) is 0 Å². The van der Waals surface area contributed by atoms with Gasteiger partial charge in [0.2, 0.25) is 0 Å². The van der Waals surface area contributed by atoms with Crippen LogP contribution >= 0.6 is 7.82 Å². The van der Waals surface area contributed by atoms with E-state index in [1.165, 1.54) is 83.5 Å². The van der Waals surface area contributed by atoms with Crippen LogP contribution in [0.3, 0.4) is 0 Å². The Bertz CT molecular complexity index is 427. The molecule has 0 heterocycles. The molecule has 7 heteroatoms. The summed E-state index contributed by atoms with van der Waals surface area (Å²) in [4.78, 5) is 24.1. The van der Waals surface area contributed by atoms with E-state index < -0.39 is 13.8 Å². The van der Waals surface area contributed by atoms with Crippen LogP contribution in [-0.2, 0) is 23.4 Å². The van der Waals surface area contributed by atoms with Gasteiger partial charge in [0.25, 0.3) is 0 Å². The Morgan fingerprint density at radius 1 is 0.821 bits per heavy atom. The molecule has 0 spiro atoms. The summed E-state index contributed by atoms with van der Waals surface area (Å²) in [5, 5.41) is 0. The molecular formula is C21H41O6P. The van der Waals surface area contributed by atoms with E-state index in [1.807, 2.05) is 0 Å². The molecule has 166 valence electrons. The second-order valence-electron chi connectivity index (χ2n) is 7.29. The number of hydrogen-bond acceptors (Lipinski definition) is 5. The van der Waals surface area contributed by atoms with E-state index in [0.29, 0.717) is 6.42 Å². The fourth-order valence-electron chi connectivity index (χ4n) is 2.97. The minimum atomic E-state index is -4.34. The maximum Gasteiger partial charge on any atom is 0.508 e. The van der Waals surface area contributed by atoms with Gasteiger partial charge in [-0.2, -0.15) is 0 Å². The van der Waals surface area contributed by atoms with Gasteiger partial charge in [-0.15, -0.1) is 0 Å². The maximum atomic E-state index is 11.4. The van der Waals surface area contributed by atoms with Crippen molar-refractivity contribution in [3.05, 3.63) is 12.7 Å². The fourth-order valence-corrected chi connectivity index (χ4v) is 3.54. The molecule has 0 saturated carbocycles. The highest BCUT2D eigenvalue weighted by atomic mass is 31.2. The van der Waals surface area contributed by atoms with Crippen molar-refractivity contribution < 1.29 is 28.3 Å². The zero-order valence-electron chi connectivity index (χ0n) is 17.7. The zero-order chi connectivity index (χ0) is 20.9. The largest absolute Gasteiger partial charge is 0.508 e.